The molecule has 1 heterocycles. The van der Waals surface area contributed by atoms with Crippen molar-refractivity contribution in [3.05, 3.63) is 68.2 Å². The van der Waals surface area contributed by atoms with Crippen LogP contribution in [0.3, 0.4) is 0 Å². The minimum Gasteiger partial charge on any atom is -0.331 e. The Bertz CT molecular complexity index is 1240. The molecule has 0 radical (unpaired) electrons. The molecule has 1 aromatic carbocycles. The summed E-state index contributed by atoms with van der Waals surface area (Å²) in [6.07, 6.45) is 7.67. The van der Waals surface area contributed by atoms with E-state index < -0.39 is 17.8 Å². The highest BCUT2D eigenvalue weighted by Crippen LogP contribution is 2.58. The van der Waals surface area contributed by atoms with Crippen LogP contribution in [0.1, 0.15) is 56.6 Å². The van der Waals surface area contributed by atoms with Gasteiger partial charge in [0.25, 0.3) is 5.56 Å². The van der Waals surface area contributed by atoms with Gasteiger partial charge in [-0.1, -0.05) is 12.1 Å². The van der Waals surface area contributed by atoms with Crippen LogP contribution in [-0.4, -0.2) is 25.5 Å². The molecule has 178 valence electrons. The van der Waals surface area contributed by atoms with Crippen LogP contribution in [0.15, 0.2) is 40.1 Å². The Kier molecular flexibility index (Phi) is 5.67. The summed E-state index contributed by atoms with van der Waals surface area (Å²) in [5.41, 5.74) is -0.978. The summed E-state index contributed by atoms with van der Waals surface area (Å²) >= 11 is 0. The summed E-state index contributed by atoms with van der Waals surface area (Å²) in [5.74, 6) is 1.14. The molecule has 0 unspecified atom stereocenters. The first kappa shape index (κ1) is 22.6. The third-order valence-electron chi connectivity index (χ3n) is 8.13. The first-order valence-electron chi connectivity index (χ1n) is 12.1. The Balaban J connectivity index is 1.53. The fourth-order valence-corrected chi connectivity index (χ4v) is 7.01. The van der Waals surface area contributed by atoms with Crippen molar-refractivity contribution in [2.75, 3.05) is 0 Å². The fourth-order valence-electron chi connectivity index (χ4n) is 7.01. The zero-order valence-corrected chi connectivity index (χ0v) is 19.4. The zero-order valence-electron chi connectivity index (χ0n) is 19.4. The minimum absolute atomic E-state index is 0.158. The lowest BCUT2D eigenvalue weighted by Crippen LogP contribution is -2.62. The molecule has 4 bridgehead atoms. The van der Waals surface area contributed by atoms with Gasteiger partial charge in [0.05, 0.1) is 0 Å². The highest BCUT2D eigenvalue weighted by molar-refractivity contribution is 5.77. The van der Waals surface area contributed by atoms with Gasteiger partial charge in [0.15, 0.2) is 0 Å². The number of carbonyl (C=O) groups excluding carboxylic acids is 1. The Morgan fingerprint density at radius 1 is 1.12 bits per heavy atom. The van der Waals surface area contributed by atoms with Crippen LogP contribution in [0.2, 0.25) is 0 Å². The van der Waals surface area contributed by atoms with E-state index in [4.69, 9.17) is 0 Å². The van der Waals surface area contributed by atoms with E-state index >= 15 is 0 Å². The molecule has 0 atom stereocenters. The molecule has 4 aliphatic rings. The maximum absolute atomic E-state index is 13.9. The number of aromatic nitrogens is 2. The molecule has 1 aromatic heterocycles. The number of hydrogen-bond acceptors (Lipinski definition) is 4. The summed E-state index contributed by atoms with van der Waals surface area (Å²) in [6.45, 7) is 1.93. The van der Waals surface area contributed by atoms with Crippen LogP contribution in [0.5, 0.6) is 0 Å². The zero-order chi connectivity index (χ0) is 24.0. The van der Waals surface area contributed by atoms with Gasteiger partial charge in [0.2, 0.25) is 5.91 Å². The number of halogens is 1. The van der Waals surface area contributed by atoms with E-state index in [1.807, 2.05) is 11.0 Å². The molecule has 4 saturated carbocycles. The van der Waals surface area contributed by atoms with Crippen molar-refractivity contribution in [3.63, 3.8) is 0 Å². The van der Waals surface area contributed by atoms with Gasteiger partial charge in [-0.25, -0.2) is 13.8 Å². The summed E-state index contributed by atoms with van der Waals surface area (Å²) < 4.78 is 15.7. The number of nitrogens with zero attached hydrogens (tertiary/aromatic N) is 4. The van der Waals surface area contributed by atoms with Crippen molar-refractivity contribution in [1.29, 1.82) is 5.26 Å². The Labute approximate surface area is 197 Å². The van der Waals surface area contributed by atoms with Crippen molar-refractivity contribution < 1.29 is 9.18 Å². The Morgan fingerprint density at radius 3 is 2.24 bits per heavy atom. The van der Waals surface area contributed by atoms with Crippen molar-refractivity contribution in [2.45, 2.75) is 70.6 Å². The van der Waals surface area contributed by atoms with E-state index in [0.717, 1.165) is 29.4 Å². The second kappa shape index (κ2) is 8.53. The first-order valence-corrected chi connectivity index (χ1v) is 12.1. The fraction of sp³-hybridized carbons (Fsp3) is 0.538. The average molecular weight is 465 g/mol. The molecule has 34 heavy (non-hydrogen) atoms. The molecule has 2 aromatic rings. The van der Waals surface area contributed by atoms with Crippen molar-refractivity contribution >= 4 is 5.91 Å². The maximum Gasteiger partial charge on any atom is 0.331 e. The Hall–Kier alpha value is -3.21. The third-order valence-corrected chi connectivity index (χ3v) is 8.13. The molecule has 0 aliphatic heterocycles. The van der Waals surface area contributed by atoms with E-state index in [2.05, 4.69) is 0 Å². The van der Waals surface area contributed by atoms with Gasteiger partial charge in [0, 0.05) is 24.8 Å². The first-order chi connectivity index (χ1) is 16.3. The molecular formula is C26H29FN4O3. The normalized spacial score (nSPS) is 26.9. The minimum atomic E-state index is -0.738. The van der Waals surface area contributed by atoms with Crippen molar-refractivity contribution in [2.24, 2.45) is 17.8 Å². The average Bonchev–Trinajstić information content (AvgIpc) is 2.80. The lowest BCUT2D eigenvalue weighted by molar-refractivity contribution is -0.153. The van der Waals surface area contributed by atoms with Gasteiger partial charge in [-0.3, -0.25) is 14.2 Å². The molecule has 8 heteroatoms. The maximum atomic E-state index is 13.9. The van der Waals surface area contributed by atoms with Crippen LogP contribution in [0.25, 0.3) is 0 Å². The molecule has 6 rings (SSSR count). The van der Waals surface area contributed by atoms with E-state index in [1.165, 1.54) is 42.2 Å². The van der Waals surface area contributed by atoms with E-state index in [9.17, 15) is 24.0 Å². The molecular weight excluding hydrogens is 435 g/mol. The van der Waals surface area contributed by atoms with E-state index in [0.29, 0.717) is 24.3 Å². The van der Waals surface area contributed by atoms with Gasteiger partial charge in [-0.05, 0) is 80.9 Å². The van der Waals surface area contributed by atoms with Gasteiger partial charge in [-0.2, -0.15) is 5.26 Å². The summed E-state index contributed by atoms with van der Waals surface area (Å²) in [7, 11) is 0. The second-order valence-corrected chi connectivity index (χ2v) is 10.4. The van der Waals surface area contributed by atoms with Crippen LogP contribution < -0.4 is 11.2 Å². The quantitative estimate of drug-likeness (QED) is 0.657. The van der Waals surface area contributed by atoms with Gasteiger partial charge < -0.3 is 4.90 Å². The number of amides is 1. The number of benzene rings is 1. The largest absolute Gasteiger partial charge is 0.331 e. The highest BCUT2D eigenvalue weighted by Gasteiger charge is 2.54. The Morgan fingerprint density at radius 2 is 1.71 bits per heavy atom. The lowest BCUT2D eigenvalue weighted by atomic mass is 9.52. The van der Waals surface area contributed by atoms with Crippen LogP contribution >= 0.6 is 0 Å². The number of rotatable bonds is 6. The number of aryl methyl sites for hydroxylation is 1. The standard InChI is InChI=1S/C26H29FN4O3/c1-2-29-15-21(13-28)24(33)30(25(29)34)16-23(32)31(14-17-3-5-22(27)6-4-17)26-10-18-7-19(11-26)9-20(8-18)12-26/h3-6,15,18-20H,2,7-12,14,16H2,1H3. The number of nitriles is 1. The molecule has 0 spiro atoms. The predicted molar refractivity (Wildman–Crippen MR) is 123 cm³/mol. The molecule has 4 fully saturated rings. The molecule has 1 amide bonds. The monoisotopic (exact) mass is 464 g/mol. The summed E-state index contributed by atoms with van der Waals surface area (Å²) in [4.78, 5) is 41.4. The summed E-state index contributed by atoms with van der Waals surface area (Å²) in [5, 5.41) is 9.36. The predicted octanol–water partition coefficient (Wildman–Crippen LogP) is 3.04. The van der Waals surface area contributed by atoms with Gasteiger partial charge in [-0.15, -0.1) is 0 Å². The van der Waals surface area contributed by atoms with Gasteiger partial charge in [0.1, 0.15) is 24.0 Å². The number of carbonyl (C=O) groups is 1. The van der Waals surface area contributed by atoms with Crippen LogP contribution in [0.4, 0.5) is 4.39 Å². The second-order valence-electron chi connectivity index (χ2n) is 10.4. The van der Waals surface area contributed by atoms with Crippen LogP contribution in [-0.2, 0) is 24.4 Å². The van der Waals surface area contributed by atoms with E-state index in [1.54, 1.807) is 19.1 Å². The number of hydrogen-bond donors (Lipinski definition) is 0. The molecule has 0 N–H and O–H groups in total. The summed E-state index contributed by atoms with van der Waals surface area (Å²) in [6, 6.07) is 7.98. The molecule has 4 aliphatic carbocycles. The van der Waals surface area contributed by atoms with Crippen molar-refractivity contribution in [1.82, 2.24) is 14.0 Å². The third kappa shape index (κ3) is 3.87. The molecule has 0 saturated heterocycles. The van der Waals surface area contributed by atoms with Crippen molar-refractivity contribution in [3.8, 4) is 6.07 Å². The topological polar surface area (TPSA) is 88.1 Å². The smallest absolute Gasteiger partial charge is 0.331 e. The van der Waals surface area contributed by atoms with E-state index in [-0.39, 0.29) is 29.4 Å². The SMILES string of the molecule is CCn1cc(C#N)c(=O)n(CC(=O)N(Cc2ccc(F)cc2)C23CC4CC(CC(C4)C2)C3)c1=O. The highest BCUT2D eigenvalue weighted by atomic mass is 19.1. The van der Waals surface area contributed by atoms with Crippen LogP contribution in [0, 0.1) is 34.9 Å². The van der Waals surface area contributed by atoms with Gasteiger partial charge >= 0.3 is 5.69 Å². The molecule has 7 nitrogen and oxygen atoms in total. The lowest BCUT2D eigenvalue weighted by Gasteiger charge is -2.60.